The van der Waals surface area contributed by atoms with Crippen molar-refractivity contribution >= 4 is 40.9 Å². The number of rotatable bonds is 6. The van der Waals surface area contributed by atoms with Crippen molar-refractivity contribution in [2.45, 2.75) is 11.3 Å². The molecule has 0 saturated carbocycles. The summed E-state index contributed by atoms with van der Waals surface area (Å²) in [7, 11) is 0. The molecule has 0 unspecified atom stereocenters. The van der Waals surface area contributed by atoms with Crippen molar-refractivity contribution in [2.75, 3.05) is 12.3 Å². The van der Waals surface area contributed by atoms with E-state index in [4.69, 9.17) is 23.2 Å². The second-order valence-corrected chi connectivity index (χ2v) is 5.40. The van der Waals surface area contributed by atoms with Gasteiger partial charge in [0.25, 0.3) is 0 Å². The summed E-state index contributed by atoms with van der Waals surface area (Å²) in [5, 5.41) is 3.81. The molecule has 92 valence electrons. The van der Waals surface area contributed by atoms with Crippen LogP contribution in [-0.2, 0) is 4.79 Å². The average Bonchev–Trinajstić information content (AvgIpc) is 2.29. The van der Waals surface area contributed by atoms with Crippen LogP contribution >= 0.6 is 35.0 Å². The van der Waals surface area contributed by atoms with Crippen molar-refractivity contribution in [3.63, 3.8) is 0 Å². The second-order valence-electron chi connectivity index (χ2n) is 3.32. The molecule has 0 aliphatic rings. The molecule has 0 aliphatic heterocycles. The molecular weight excluding hydrogens is 277 g/mol. The normalized spacial score (nSPS) is 10.0. The molecule has 1 aromatic carbocycles. The standard InChI is InChI=1S/C12H13Cl2NOS/c1-9(13)8-15-12(16)6-7-17-11-5-3-2-4-10(11)14/h2-5H,1,6-8H2,(H,15,16). The molecule has 1 rings (SSSR count). The Bertz CT molecular complexity index is 409. The number of nitrogens with one attached hydrogen (secondary N) is 1. The van der Waals surface area contributed by atoms with Crippen LogP contribution in [0.5, 0.6) is 0 Å². The van der Waals surface area contributed by atoms with Crippen molar-refractivity contribution in [2.24, 2.45) is 0 Å². The smallest absolute Gasteiger partial charge is 0.221 e. The molecule has 0 radical (unpaired) electrons. The van der Waals surface area contributed by atoms with Crippen molar-refractivity contribution in [1.29, 1.82) is 0 Å². The van der Waals surface area contributed by atoms with Gasteiger partial charge in [-0.1, -0.05) is 41.9 Å². The molecule has 0 bridgehead atoms. The van der Waals surface area contributed by atoms with Crippen LogP contribution in [0.15, 0.2) is 40.8 Å². The molecule has 5 heteroatoms. The van der Waals surface area contributed by atoms with E-state index in [1.807, 2.05) is 24.3 Å². The van der Waals surface area contributed by atoms with E-state index in [0.29, 0.717) is 28.8 Å². The Balaban J connectivity index is 2.26. The van der Waals surface area contributed by atoms with Gasteiger partial charge >= 0.3 is 0 Å². The fraction of sp³-hybridized carbons (Fsp3) is 0.250. The first-order chi connectivity index (χ1) is 8.09. The Hall–Kier alpha value is -0.640. The van der Waals surface area contributed by atoms with Crippen molar-refractivity contribution in [3.05, 3.63) is 40.9 Å². The summed E-state index contributed by atoms with van der Waals surface area (Å²) >= 11 is 13.1. The fourth-order valence-electron chi connectivity index (χ4n) is 1.10. The van der Waals surface area contributed by atoms with Crippen LogP contribution in [0.4, 0.5) is 0 Å². The summed E-state index contributed by atoms with van der Waals surface area (Å²) < 4.78 is 0. The maximum absolute atomic E-state index is 11.4. The Morgan fingerprint density at radius 3 is 2.76 bits per heavy atom. The first kappa shape index (κ1) is 14.4. The number of thioether (sulfide) groups is 1. The minimum absolute atomic E-state index is 0.0358. The highest BCUT2D eigenvalue weighted by atomic mass is 35.5. The quantitative estimate of drug-likeness (QED) is 0.810. The van der Waals surface area contributed by atoms with Gasteiger partial charge < -0.3 is 5.32 Å². The summed E-state index contributed by atoms with van der Waals surface area (Å²) in [6.07, 6.45) is 0.431. The number of benzene rings is 1. The van der Waals surface area contributed by atoms with Crippen LogP contribution in [-0.4, -0.2) is 18.2 Å². The predicted molar refractivity (Wildman–Crippen MR) is 74.8 cm³/mol. The Morgan fingerprint density at radius 1 is 1.41 bits per heavy atom. The largest absolute Gasteiger partial charge is 0.351 e. The molecule has 0 atom stereocenters. The van der Waals surface area contributed by atoms with E-state index in [-0.39, 0.29) is 5.91 Å². The monoisotopic (exact) mass is 289 g/mol. The van der Waals surface area contributed by atoms with E-state index in [9.17, 15) is 4.79 Å². The van der Waals surface area contributed by atoms with E-state index in [2.05, 4.69) is 11.9 Å². The lowest BCUT2D eigenvalue weighted by atomic mass is 10.4. The van der Waals surface area contributed by atoms with Crippen LogP contribution in [0.2, 0.25) is 5.02 Å². The van der Waals surface area contributed by atoms with E-state index in [1.165, 1.54) is 0 Å². The van der Waals surface area contributed by atoms with Gasteiger partial charge in [-0.15, -0.1) is 11.8 Å². The molecular formula is C12H13Cl2NOS. The Labute approximate surface area is 115 Å². The van der Waals surface area contributed by atoms with E-state index >= 15 is 0 Å². The average molecular weight is 290 g/mol. The minimum Gasteiger partial charge on any atom is -0.351 e. The van der Waals surface area contributed by atoms with Gasteiger partial charge in [-0.2, -0.15) is 0 Å². The van der Waals surface area contributed by atoms with Crippen LogP contribution in [0, 0.1) is 0 Å². The molecule has 0 saturated heterocycles. The highest BCUT2D eigenvalue weighted by Gasteiger charge is 2.03. The third-order valence-electron chi connectivity index (χ3n) is 1.90. The van der Waals surface area contributed by atoms with Crippen LogP contribution in [0.3, 0.4) is 0 Å². The molecule has 1 N–H and O–H groups in total. The van der Waals surface area contributed by atoms with E-state index < -0.39 is 0 Å². The Kier molecular flexibility index (Phi) is 6.48. The molecule has 0 heterocycles. The molecule has 0 aliphatic carbocycles. The van der Waals surface area contributed by atoms with Gasteiger partial charge in [0.05, 0.1) is 11.6 Å². The highest BCUT2D eigenvalue weighted by molar-refractivity contribution is 7.99. The summed E-state index contributed by atoms with van der Waals surface area (Å²) in [4.78, 5) is 12.4. The Morgan fingerprint density at radius 2 is 2.12 bits per heavy atom. The fourth-order valence-corrected chi connectivity index (χ4v) is 2.35. The number of hydrogen-bond donors (Lipinski definition) is 1. The summed E-state index contributed by atoms with van der Waals surface area (Å²) in [5.41, 5.74) is 0. The summed E-state index contributed by atoms with van der Waals surface area (Å²) in [6, 6.07) is 7.57. The SMILES string of the molecule is C=C(Cl)CNC(=O)CCSc1ccccc1Cl. The zero-order valence-corrected chi connectivity index (χ0v) is 11.5. The number of amides is 1. The van der Waals surface area contributed by atoms with Gasteiger partial charge in [-0.05, 0) is 12.1 Å². The third kappa shape index (κ3) is 6.01. The van der Waals surface area contributed by atoms with Crippen molar-refractivity contribution in [3.8, 4) is 0 Å². The summed E-state index contributed by atoms with van der Waals surface area (Å²) in [6.45, 7) is 3.81. The molecule has 1 aromatic rings. The van der Waals surface area contributed by atoms with Gasteiger partial charge in [0.15, 0.2) is 0 Å². The number of carbonyl (C=O) groups is 1. The molecule has 1 amide bonds. The van der Waals surface area contributed by atoms with E-state index in [0.717, 1.165) is 4.90 Å². The maximum Gasteiger partial charge on any atom is 0.221 e. The van der Waals surface area contributed by atoms with E-state index in [1.54, 1.807) is 11.8 Å². The number of carbonyl (C=O) groups excluding carboxylic acids is 1. The van der Waals surface area contributed by atoms with Crippen LogP contribution < -0.4 is 5.32 Å². The lowest BCUT2D eigenvalue weighted by Gasteiger charge is -2.05. The topological polar surface area (TPSA) is 29.1 Å². The van der Waals surface area contributed by atoms with Gasteiger partial charge in [0.2, 0.25) is 5.91 Å². The zero-order chi connectivity index (χ0) is 12.7. The molecule has 17 heavy (non-hydrogen) atoms. The third-order valence-corrected chi connectivity index (χ3v) is 3.55. The van der Waals surface area contributed by atoms with Gasteiger partial charge in [-0.25, -0.2) is 0 Å². The zero-order valence-electron chi connectivity index (χ0n) is 9.21. The van der Waals surface area contributed by atoms with Gasteiger partial charge in [0.1, 0.15) is 0 Å². The second kappa shape index (κ2) is 7.64. The molecule has 2 nitrogen and oxygen atoms in total. The molecule has 0 fully saturated rings. The number of hydrogen-bond acceptors (Lipinski definition) is 2. The first-order valence-corrected chi connectivity index (χ1v) is 6.81. The lowest BCUT2D eigenvalue weighted by molar-refractivity contribution is -0.120. The van der Waals surface area contributed by atoms with Gasteiger partial charge in [-0.3, -0.25) is 4.79 Å². The maximum atomic E-state index is 11.4. The lowest BCUT2D eigenvalue weighted by Crippen LogP contribution is -2.24. The van der Waals surface area contributed by atoms with Crippen LogP contribution in [0.25, 0.3) is 0 Å². The number of halogens is 2. The predicted octanol–water partition coefficient (Wildman–Crippen LogP) is 3.69. The first-order valence-electron chi connectivity index (χ1n) is 5.07. The van der Waals surface area contributed by atoms with Crippen molar-refractivity contribution in [1.82, 2.24) is 5.32 Å². The minimum atomic E-state index is -0.0358. The van der Waals surface area contributed by atoms with Crippen LogP contribution in [0.1, 0.15) is 6.42 Å². The summed E-state index contributed by atoms with van der Waals surface area (Å²) in [5.74, 6) is 0.649. The van der Waals surface area contributed by atoms with Gasteiger partial charge in [0, 0.05) is 22.1 Å². The highest BCUT2D eigenvalue weighted by Crippen LogP contribution is 2.26. The van der Waals surface area contributed by atoms with Crippen molar-refractivity contribution < 1.29 is 4.79 Å². The molecule has 0 spiro atoms. The molecule has 0 aromatic heterocycles.